The summed E-state index contributed by atoms with van der Waals surface area (Å²) in [6, 6.07) is 0. The molecule has 0 aliphatic carbocycles. The molecule has 0 amide bonds. The van der Waals surface area contributed by atoms with Crippen LogP contribution in [0.25, 0.3) is 11.7 Å². The van der Waals surface area contributed by atoms with Crippen LogP contribution in [0.4, 0.5) is 0 Å². The molecule has 2 rings (SSSR count). The highest BCUT2D eigenvalue weighted by atomic mass is 16.2. The molecule has 0 bridgehead atoms. The van der Waals surface area contributed by atoms with Crippen molar-refractivity contribution in [3.63, 3.8) is 0 Å². The average Bonchev–Trinajstić information content (AvgIpc) is 2.58. The Kier molecular flexibility index (Phi) is 2.06. The zero-order chi connectivity index (χ0) is 9.10. The summed E-state index contributed by atoms with van der Waals surface area (Å²) < 4.78 is 1.90. The van der Waals surface area contributed by atoms with Crippen LogP contribution in [-0.2, 0) is 0 Å². The van der Waals surface area contributed by atoms with Crippen molar-refractivity contribution in [2.24, 2.45) is 0 Å². The van der Waals surface area contributed by atoms with Crippen molar-refractivity contribution in [3.05, 3.63) is 36.6 Å². The van der Waals surface area contributed by atoms with Crippen LogP contribution in [0.15, 0.2) is 30.9 Å². The van der Waals surface area contributed by atoms with Gasteiger partial charge < -0.3 is 5.11 Å². The lowest BCUT2D eigenvalue weighted by atomic mass is 10.4. The molecule has 13 heavy (non-hydrogen) atoms. The van der Waals surface area contributed by atoms with E-state index >= 15 is 0 Å². The summed E-state index contributed by atoms with van der Waals surface area (Å²) in [6.45, 7) is 0.0400. The fourth-order valence-corrected chi connectivity index (χ4v) is 1.16. The highest BCUT2D eigenvalue weighted by Crippen LogP contribution is 2.05. The minimum Gasteiger partial charge on any atom is -0.392 e. The lowest BCUT2D eigenvalue weighted by Gasteiger charge is -1.93. The van der Waals surface area contributed by atoms with E-state index in [0.717, 1.165) is 11.3 Å². The number of rotatable bonds is 2. The van der Waals surface area contributed by atoms with Crippen LogP contribution >= 0.6 is 0 Å². The predicted octanol–water partition coefficient (Wildman–Crippen LogP) is 0.735. The Labute approximate surface area is 75.2 Å². The zero-order valence-corrected chi connectivity index (χ0v) is 6.96. The minimum absolute atomic E-state index is 0.0400. The number of nitrogens with zero attached hydrogens (tertiary/aromatic N) is 3. The monoisotopic (exact) mass is 175 g/mol. The first kappa shape index (κ1) is 7.94. The average molecular weight is 175 g/mol. The van der Waals surface area contributed by atoms with Gasteiger partial charge in [0, 0.05) is 12.4 Å². The smallest absolute Gasteiger partial charge is 0.155 e. The van der Waals surface area contributed by atoms with Crippen LogP contribution < -0.4 is 0 Å². The van der Waals surface area contributed by atoms with Gasteiger partial charge in [-0.05, 0) is 6.08 Å². The second kappa shape index (κ2) is 3.37. The van der Waals surface area contributed by atoms with Crippen LogP contribution in [-0.4, -0.2) is 26.1 Å². The molecule has 0 unspecified atom stereocenters. The van der Waals surface area contributed by atoms with Gasteiger partial charge in [-0.25, -0.2) is 4.98 Å². The van der Waals surface area contributed by atoms with Crippen molar-refractivity contribution in [3.8, 4) is 0 Å². The van der Waals surface area contributed by atoms with E-state index in [9.17, 15) is 0 Å². The number of imidazole rings is 1. The van der Waals surface area contributed by atoms with Crippen LogP contribution in [0, 0.1) is 0 Å². The molecule has 4 nitrogen and oxygen atoms in total. The Morgan fingerprint density at radius 3 is 3.23 bits per heavy atom. The summed E-state index contributed by atoms with van der Waals surface area (Å²) in [5.74, 6) is 0. The highest BCUT2D eigenvalue weighted by Gasteiger charge is 1.97. The third kappa shape index (κ3) is 1.43. The lowest BCUT2D eigenvalue weighted by molar-refractivity contribution is 0.343. The van der Waals surface area contributed by atoms with Crippen molar-refractivity contribution in [2.75, 3.05) is 6.61 Å². The minimum atomic E-state index is 0.0400. The fourth-order valence-electron chi connectivity index (χ4n) is 1.16. The van der Waals surface area contributed by atoms with Gasteiger partial charge in [0.1, 0.15) is 0 Å². The first-order valence-electron chi connectivity index (χ1n) is 3.96. The van der Waals surface area contributed by atoms with Gasteiger partial charge in [0.2, 0.25) is 0 Å². The van der Waals surface area contributed by atoms with Gasteiger partial charge in [0.25, 0.3) is 0 Å². The molecule has 0 aromatic carbocycles. The van der Waals surface area contributed by atoms with E-state index in [4.69, 9.17) is 5.11 Å². The Balaban J connectivity index is 2.52. The van der Waals surface area contributed by atoms with Gasteiger partial charge >= 0.3 is 0 Å². The summed E-state index contributed by atoms with van der Waals surface area (Å²) in [5, 5.41) is 8.61. The number of aliphatic hydroxyl groups excluding tert-OH is 1. The molecule has 2 aromatic rings. The molecule has 0 atom stereocenters. The van der Waals surface area contributed by atoms with Crippen molar-refractivity contribution in [1.29, 1.82) is 0 Å². The molecule has 66 valence electrons. The standard InChI is InChI=1S/C9H9N3O/c13-5-1-2-8-6-11-9-7-10-3-4-12(8)9/h1-4,6-7,13H,5H2/b2-1+. The summed E-state index contributed by atoms with van der Waals surface area (Å²) in [5.41, 5.74) is 1.74. The molecular weight excluding hydrogens is 166 g/mol. The van der Waals surface area contributed by atoms with E-state index in [1.165, 1.54) is 0 Å². The van der Waals surface area contributed by atoms with E-state index in [1.807, 2.05) is 16.7 Å². The maximum atomic E-state index is 8.61. The predicted molar refractivity (Wildman–Crippen MR) is 49.1 cm³/mol. The maximum absolute atomic E-state index is 8.61. The third-order valence-corrected chi connectivity index (χ3v) is 1.74. The molecule has 0 saturated carbocycles. The van der Waals surface area contributed by atoms with Crippen LogP contribution in [0.2, 0.25) is 0 Å². The number of fused-ring (bicyclic) bond motifs is 1. The fraction of sp³-hybridized carbons (Fsp3) is 0.111. The summed E-state index contributed by atoms with van der Waals surface area (Å²) in [6.07, 6.45) is 10.5. The second-order valence-electron chi connectivity index (χ2n) is 2.57. The Hall–Kier alpha value is -1.68. The number of aromatic nitrogens is 3. The Morgan fingerprint density at radius 1 is 1.46 bits per heavy atom. The van der Waals surface area contributed by atoms with Crippen molar-refractivity contribution in [1.82, 2.24) is 14.4 Å². The molecular formula is C9H9N3O. The van der Waals surface area contributed by atoms with Crippen LogP contribution in [0.1, 0.15) is 5.69 Å². The molecule has 0 radical (unpaired) electrons. The van der Waals surface area contributed by atoms with Crippen molar-refractivity contribution < 1.29 is 5.11 Å². The number of aliphatic hydroxyl groups is 1. The second-order valence-corrected chi connectivity index (χ2v) is 2.57. The van der Waals surface area contributed by atoms with Gasteiger partial charge in [0.15, 0.2) is 5.65 Å². The molecule has 0 aliphatic heterocycles. The van der Waals surface area contributed by atoms with Gasteiger partial charge in [-0.1, -0.05) is 6.08 Å². The van der Waals surface area contributed by atoms with E-state index in [2.05, 4.69) is 9.97 Å². The first-order chi connectivity index (χ1) is 6.42. The molecule has 0 spiro atoms. The molecule has 0 fully saturated rings. The molecule has 0 saturated heterocycles. The van der Waals surface area contributed by atoms with E-state index in [0.29, 0.717) is 0 Å². The summed E-state index contributed by atoms with van der Waals surface area (Å²) >= 11 is 0. The van der Waals surface area contributed by atoms with Crippen LogP contribution in [0.3, 0.4) is 0 Å². The molecule has 0 aliphatic rings. The summed E-state index contributed by atoms with van der Waals surface area (Å²) in [4.78, 5) is 8.09. The molecule has 2 aromatic heterocycles. The van der Waals surface area contributed by atoms with Gasteiger partial charge in [-0.2, -0.15) is 0 Å². The molecule has 1 N–H and O–H groups in total. The SMILES string of the molecule is OC/C=C/c1cnc2cnccn12. The topological polar surface area (TPSA) is 50.4 Å². The molecule has 4 heteroatoms. The molecule has 2 heterocycles. The van der Waals surface area contributed by atoms with Gasteiger partial charge in [-0.15, -0.1) is 0 Å². The van der Waals surface area contributed by atoms with Gasteiger partial charge in [0.05, 0.1) is 24.7 Å². The summed E-state index contributed by atoms with van der Waals surface area (Å²) in [7, 11) is 0. The van der Waals surface area contributed by atoms with E-state index in [1.54, 1.807) is 24.7 Å². The third-order valence-electron chi connectivity index (χ3n) is 1.74. The largest absolute Gasteiger partial charge is 0.392 e. The van der Waals surface area contributed by atoms with Gasteiger partial charge in [-0.3, -0.25) is 9.38 Å². The maximum Gasteiger partial charge on any atom is 0.155 e. The Morgan fingerprint density at radius 2 is 2.38 bits per heavy atom. The lowest BCUT2D eigenvalue weighted by Crippen LogP contribution is -1.87. The normalized spacial score (nSPS) is 11.5. The Bertz CT molecular complexity index is 433. The first-order valence-corrected chi connectivity index (χ1v) is 3.96. The van der Waals surface area contributed by atoms with Crippen molar-refractivity contribution >= 4 is 11.7 Å². The number of hydrogen-bond acceptors (Lipinski definition) is 3. The highest BCUT2D eigenvalue weighted by molar-refractivity contribution is 5.51. The zero-order valence-electron chi connectivity index (χ0n) is 6.96. The van der Waals surface area contributed by atoms with E-state index in [-0.39, 0.29) is 6.61 Å². The van der Waals surface area contributed by atoms with Crippen LogP contribution in [0.5, 0.6) is 0 Å². The quantitative estimate of drug-likeness (QED) is 0.732. The number of hydrogen-bond donors (Lipinski definition) is 1. The van der Waals surface area contributed by atoms with Crippen molar-refractivity contribution in [2.45, 2.75) is 0 Å². The van der Waals surface area contributed by atoms with E-state index < -0.39 is 0 Å².